The van der Waals surface area contributed by atoms with E-state index in [0.717, 1.165) is 16.5 Å². The van der Waals surface area contributed by atoms with Gasteiger partial charge < -0.3 is 20.3 Å². The summed E-state index contributed by atoms with van der Waals surface area (Å²) in [6.45, 7) is 1.45. The average Bonchev–Trinajstić information content (AvgIpc) is 2.94. The number of nitrogens with one attached hydrogen (secondary N) is 2. The van der Waals surface area contributed by atoms with Gasteiger partial charge in [0.15, 0.2) is 0 Å². The van der Waals surface area contributed by atoms with Crippen LogP contribution in [0.4, 0.5) is 0 Å². The largest absolute Gasteiger partial charge is 0.481 e. The first-order valence-electron chi connectivity index (χ1n) is 7.67. The van der Waals surface area contributed by atoms with E-state index in [9.17, 15) is 14.4 Å². The molecule has 1 aromatic carbocycles. The van der Waals surface area contributed by atoms with Crippen LogP contribution in [0.5, 0.6) is 0 Å². The number of para-hydroxylation sites is 1. The molecule has 1 aromatic heterocycles. The number of carbonyl (C=O) groups is 3. The lowest BCUT2D eigenvalue weighted by Gasteiger charge is -2.23. The molecule has 24 heavy (non-hydrogen) atoms. The molecule has 0 aliphatic carbocycles. The van der Waals surface area contributed by atoms with Crippen molar-refractivity contribution >= 4 is 28.7 Å². The number of likely N-dealkylation sites (N-methyl/N-ethyl adjacent to an activating group) is 1. The summed E-state index contributed by atoms with van der Waals surface area (Å²) in [7, 11) is 1.54. The summed E-state index contributed by atoms with van der Waals surface area (Å²) in [4.78, 5) is 39.2. The van der Waals surface area contributed by atoms with Crippen LogP contribution < -0.4 is 5.32 Å². The number of benzene rings is 1. The molecule has 0 fully saturated rings. The van der Waals surface area contributed by atoms with Crippen molar-refractivity contribution in [3.63, 3.8) is 0 Å². The van der Waals surface area contributed by atoms with Gasteiger partial charge in [0.05, 0.1) is 6.42 Å². The van der Waals surface area contributed by atoms with Crippen LogP contribution in [0.3, 0.4) is 0 Å². The molecule has 1 unspecified atom stereocenters. The first-order chi connectivity index (χ1) is 11.4. The first-order valence-corrected chi connectivity index (χ1v) is 7.67. The van der Waals surface area contributed by atoms with E-state index in [1.54, 1.807) is 0 Å². The Bertz CT molecular complexity index is 753. The van der Waals surface area contributed by atoms with Gasteiger partial charge in [-0.05, 0) is 11.6 Å². The highest BCUT2D eigenvalue weighted by molar-refractivity contribution is 5.89. The second-order valence-electron chi connectivity index (χ2n) is 5.72. The van der Waals surface area contributed by atoms with Gasteiger partial charge in [0.2, 0.25) is 11.8 Å². The number of carboxylic acids is 1. The fourth-order valence-corrected chi connectivity index (χ4v) is 2.61. The zero-order chi connectivity index (χ0) is 17.7. The highest BCUT2D eigenvalue weighted by atomic mass is 16.4. The Hall–Kier alpha value is -2.83. The third-order valence-corrected chi connectivity index (χ3v) is 3.81. The molecule has 2 aromatic rings. The highest BCUT2D eigenvalue weighted by Gasteiger charge is 2.24. The van der Waals surface area contributed by atoms with Crippen LogP contribution in [0.1, 0.15) is 18.9 Å². The number of rotatable bonds is 7. The SMILES string of the molecule is CC(=O)NC(Cc1c[nH]c2ccccc12)C(=O)N(C)CCC(=O)O. The van der Waals surface area contributed by atoms with Crippen molar-refractivity contribution in [2.24, 2.45) is 0 Å². The van der Waals surface area contributed by atoms with E-state index in [0.29, 0.717) is 6.42 Å². The third-order valence-electron chi connectivity index (χ3n) is 3.81. The topological polar surface area (TPSA) is 103 Å². The summed E-state index contributed by atoms with van der Waals surface area (Å²) in [5.41, 5.74) is 1.88. The molecule has 0 radical (unpaired) electrons. The summed E-state index contributed by atoms with van der Waals surface area (Å²) < 4.78 is 0. The van der Waals surface area contributed by atoms with Gasteiger partial charge in [0.25, 0.3) is 0 Å². The number of fused-ring (bicyclic) bond motifs is 1. The van der Waals surface area contributed by atoms with E-state index in [1.807, 2.05) is 30.5 Å². The van der Waals surface area contributed by atoms with Crippen LogP contribution in [-0.4, -0.2) is 52.4 Å². The molecule has 0 bridgehead atoms. The fourth-order valence-electron chi connectivity index (χ4n) is 2.61. The minimum atomic E-state index is -0.970. The van der Waals surface area contributed by atoms with Crippen molar-refractivity contribution in [2.75, 3.05) is 13.6 Å². The van der Waals surface area contributed by atoms with Gasteiger partial charge in [-0.1, -0.05) is 18.2 Å². The van der Waals surface area contributed by atoms with Crippen LogP contribution in [0.15, 0.2) is 30.5 Å². The summed E-state index contributed by atoms with van der Waals surface area (Å²) >= 11 is 0. The number of aromatic amines is 1. The second-order valence-corrected chi connectivity index (χ2v) is 5.72. The van der Waals surface area contributed by atoms with Gasteiger partial charge in [-0.25, -0.2) is 0 Å². The molecule has 3 N–H and O–H groups in total. The van der Waals surface area contributed by atoms with Gasteiger partial charge in [-0.15, -0.1) is 0 Å². The number of hydrogen-bond donors (Lipinski definition) is 3. The van der Waals surface area contributed by atoms with Gasteiger partial charge >= 0.3 is 5.97 Å². The number of nitrogens with zero attached hydrogens (tertiary/aromatic N) is 1. The summed E-state index contributed by atoms with van der Waals surface area (Å²) in [6, 6.07) is 6.98. The van der Waals surface area contributed by atoms with E-state index in [4.69, 9.17) is 5.11 Å². The molecular weight excluding hydrogens is 310 g/mol. The monoisotopic (exact) mass is 331 g/mol. The zero-order valence-electron chi connectivity index (χ0n) is 13.7. The number of H-pyrrole nitrogens is 1. The standard InChI is InChI=1S/C17H21N3O4/c1-11(21)19-15(17(24)20(2)8-7-16(22)23)9-12-10-18-14-6-4-3-5-13(12)14/h3-6,10,15,18H,7-9H2,1-2H3,(H,19,21)(H,22,23). The van der Waals surface area contributed by atoms with Crippen LogP contribution in [0.2, 0.25) is 0 Å². The van der Waals surface area contributed by atoms with Crippen molar-refractivity contribution < 1.29 is 19.5 Å². The summed E-state index contributed by atoms with van der Waals surface area (Å²) in [5.74, 6) is -1.58. The van der Waals surface area contributed by atoms with Gasteiger partial charge in [-0.3, -0.25) is 14.4 Å². The van der Waals surface area contributed by atoms with Crippen molar-refractivity contribution in [3.05, 3.63) is 36.0 Å². The minimum Gasteiger partial charge on any atom is -0.481 e. The van der Waals surface area contributed by atoms with Crippen molar-refractivity contribution in [1.82, 2.24) is 15.2 Å². The molecule has 1 atom stereocenters. The van der Waals surface area contributed by atoms with E-state index in [1.165, 1.54) is 18.9 Å². The molecule has 0 saturated carbocycles. The van der Waals surface area contributed by atoms with Crippen LogP contribution in [0.25, 0.3) is 10.9 Å². The molecule has 2 rings (SSSR count). The maximum absolute atomic E-state index is 12.6. The number of hydrogen-bond acceptors (Lipinski definition) is 3. The van der Waals surface area contributed by atoms with E-state index >= 15 is 0 Å². The fraction of sp³-hybridized carbons (Fsp3) is 0.353. The molecular formula is C17H21N3O4. The number of carbonyl (C=O) groups excluding carboxylic acids is 2. The van der Waals surface area contributed by atoms with E-state index < -0.39 is 12.0 Å². The second kappa shape index (κ2) is 7.63. The molecule has 1 heterocycles. The van der Waals surface area contributed by atoms with Gasteiger partial charge in [0.1, 0.15) is 6.04 Å². The Morgan fingerprint density at radius 2 is 2.00 bits per heavy atom. The van der Waals surface area contributed by atoms with Crippen molar-refractivity contribution in [3.8, 4) is 0 Å². The molecule has 0 spiro atoms. The van der Waals surface area contributed by atoms with Gasteiger partial charge in [-0.2, -0.15) is 0 Å². The Kier molecular flexibility index (Phi) is 5.57. The van der Waals surface area contributed by atoms with Crippen molar-refractivity contribution in [2.45, 2.75) is 25.8 Å². The maximum atomic E-state index is 12.6. The summed E-state index contributed by atoms with van der Waals surface area (Å²) in [5, 5.41) is 12.4. The first kappa shape index (κ1) is 17.5. The number of amides is 2. The smallest absolute Gasteiger partial charge is 0.305 e. The highest BCUT2D eigenvalue weighted by Crippen LogP contribution is 2.19. The molecule has 128 valence electrons. The Morgan fingerprint density at radius 3 is 2.67 bits per heavy atom. The Morgan fingerprint density at radius 1 is 1.29 bits per heavy atom. The molecule has 0 saturated heterocycles. The third kappa shape index (κ3) is 4.34. The lowest BCUT2D eigenvalue weighted by Crippen LogP contribution is -2.48. The van der Waals surface area contributed by atoms with Crippen LogP contribution >= 0.6 is 0 Å². The van der Waals surface area contributed by atoms with Crippen LogP contribution in [-0.2, 0) is 20.8 Å². The normalized spacial score (nSPS) is 11.9. The van der Waals surface area contributed by atoms with Crippen molar-refractivity contribution in [1.29, 1.82) is 0 Å². The van der Waals surface area contributed by atoms with E-state index in [2.05, 4.69) is 10.3 Å². The number of carboxylic acid groups (broad SMARTS) is 1. The molecule has 7 nitrogen and oxygen atoms in total. The summed E-state index contributed by atoms with van der Waals surface area (Å²) in [6.07, 6.45) is 2.02. The quantitative estimate of drug-likeness (QED) is 0.708. The van der Waals surface area contributed by atoms with Gasteiger partial charge in [0, 0.05) is 44.0 Å². The average molecular weight is 331 g/mol. The zero-order valence-corrected chi connectivity index (χ0v) is 13.7. The molecule has 0 aliphatic heterocycles. The Balaban J connectivity index is 2.17. The number of aromatic nitrogens is 1. The van der Waals surface area contributed by atoms with Crippen LogP contribution in [0, 0.1) is 0 Å². The minimum absolute atomic E-state index is 0.0954. The molecule has 2 amide bonds. The predicted molar refractivity (Wildman–Crippen MR) is 89.5 cm³/mol. The molecule has 0 aliphatic rings. The lowest BCUT2D eigenvalue weighted by molar-refractivity contribution is -0.139. The lowest BCUT2D eigenvalue weighted by atomic mass is 10.0. The Labute approximate surface area is 139 Å². The maximum Gasteiger partial charge on any atom is 0.305 e. The van der Waals surface area contributed by atoms with E-state index in [-0.39, 0.29) is 24.8 Å². The molecule has 7 heteroatoms. The predicted octanol–water partition coefficient (Wildman–Crippen LogP) is 1.15. The number of aliphatic carboxylic acids is 1.